The summed E-state index contributed by atoms with van der Waals surface area (Å²) in [6.07, 6.45) is 1.59. The molecule has 0 aliphatic carbocycles. The van der Waals surface area contributed by atoms with Gasteiger partial charge in [-0.3, -0.25) is 9.13 Å². The van der Waals surface area contributed by atoms with E-state index in [-0.39, 0.29) is 35.3 Å². The highest BCUT2D eigenvalue weighted by Crippen LogP contribution is 2.28. The van der Waals surface area contributed by atoms with Crippen LogP contribution in [0.4, 0.5) is 13.2 Å². The summed E-state index contributed by atoms with van der Waals surface area (Å²) in [5.74, 6) is -1.71. The molecular weight excluding hydrogens is 485 g/mol. The van der Waals surface area contributed by atoms with Gasteiger partial charge in [0.2, 0.25) is 5.89 Å². The lowest BCUT2D eigenvalue weighted by molar-refractivity contribution is 0.116. The number of fused-ring (bicyclic) bond motifs is 1. The van der Waals surface area contributed by atoms with E-state index < -0.39 is 29.5 Å². The van der Waals surface area contributed by atoms with Gasteiger partial charge in [0.05, 0.1) is 12.1 Å². The lowest BCUT2D eigenvalue weighted by Gasteiger charge is -2.31. The molecule has 0 bridgehead atoms. The number of benzene rings is 1. The van der Waals surface area contributed by atoms with Crippen molar-refractivity contribution in [1.29, 1.82) is 0 Å². The van der Waals surface area contributed by atoms with Crippen molar-refractivity contribution in [1.82, 2.24) is 28.6 Å². The van der Waals surface area contributed by atoms with Crippen LogP contribution in [-0.2, 0) is 17.9 Å². The molecule has 9 nitrogen and oxygen atoms in total. The quantitative estimate of drug-likeness (QED) is 0.370. The Morgan fingerprint density at radius 2 is 2.00 bits per heavy atom. The molecule has 1 unspecified atom stereocenters. The molecule has 4 aromatic rings. The Labute approximate surface area is 200 Å². The molecule has 0 N–H and O–H groups in total. The number of nitrogens with zero attached hydrogens (tertiary/aromatic N) is 6. The molecule has 3 aromatic heterocycles. The molecule has 1 atom stereocenters. The minimum absolute atomic E-state index is 0.0740. The van der Waals surface area contributed by atoms with Gasteiger partial charge >= 0.3 is 12.1 Å². The van der Waals surface area contributed by atoms with Gasteiger partial charge in [-0.05, 0) is 37.1 Å². The summed E-state index contributed by atoms with van der Waals surface area (Å²) in [5.41, 5.74) is 1.14. The molecule has 0 radical (unpaired) electrons. The van der Waals surface area contributed by atoms with Crippen molar-refractivity contribution in [2.24, 2.45) is 0 Å². The van der Waals surface area contributed by atoms with Crippen molar-refractivity contribution in [2.75, 3.05) is 19.3 Å². The van der Waals surface area contributed by atoms with Gasteiger partial charge in [-0.25, -0.2) is 14.2 Å². The monoisotopic (exact) mass is 506 g/mol. The van der Waals surface area contributed by atoms with Crippen molar-refractivity contribution < 1.29 is 22.1 Å². The third-order valence-corrected chi connectivity index (χ3v) is 7.22. The van der Waals surface area contributed by atoms with Gasteiger partial charge in [-0.2, -0.15) is 8.78 Å². The molecule has 1 aromatic carbocycles. The fourth-order valence-electron chi connectivity index (χ4n) is 4.38. The maximum Gasteiger partial charge on any atom is 0.330 e. The molecule has 35 heavy (non-hydrogen) atoms. The Hall–Kier alpha value is -3.16. The van der Waals surface area contributed by atoms with Crippen LogP contribution in [0, 0.1) is 5.82 Å². The zero-order valence-electron chi connectivity index (χ0n) is 18.6. The maximum absolute atomic E-state index is 15.0. The molecule has 0 saturated carbocycles. The van der Waals surface area contributed by atoms with Crippen LogP contribution in [0.3, 0.4) is 0 Å². The zero-order valence-corrected chi connectivity index (χ0v) is 19.4. The SMILES string of the molecule is C[S+]([O-])N1CCC(n2c(=O)n(Cc3ccc(-c4nnc(C(F)F)o4)cc3F)c3ncccc32)CC1. The Bertz CT molecular complexity index is 1410. The fourth-order valence-corrected chi connectivity index (χ4v) is 5.10. The molecule has 0 amide bonds. The van der Waals surface area contributed by atoms with E-state index in [9.17, 15) is 22.5 Å². The zero-order chi connectivity index (χ0) is 24.7. The van der Waals surface area contributed by atoms with Crippen molar-refractivity contribution in [3.63, 3.8) is 0 Å². The van der Waals surface area contributed by atoms with E-state index in [0.717, 1.165) is 6.07 Å². The Morgan fingerprint density at radius 1 is 1.23 bits per heavy atom. The van der Waals surface area contributed by atoms with Crippen molar-refractivity contribution >= 4 is 22.5 Å². The molecule has 0 spiro atoms. The van der Waals surface area contributed by atoms with E-state index in [1.54, 1.807) is 29.2 Å². The standard InChI is InChI=1S/C22H21F3N6O3S/c1-35(33)29-9-6-15(7-10-29)31-17-3-2-8-26-19(17)30(22(31)32)12-14-5-4-13(11-16(14)23)20-27-28-21(34-20)18(24)25/h2-5,8,11,15,18H,6-7,9-10,12H2,1H3. The second-order valence-corrected chi connectivity index (χ2v) is 9.59. The number of aromatic nitrogens is 5. The molecule has 1 aliphatic rings. The maximum atomic E-state index is 15.0. The topological polar surface area (TPSA) is 105 Å². The van der Waals surface area contributed by atoms with Crippen LogP contribution in [0.2, 0.25) is 0 Å². The summed E-state index contributed by atoms with van der Waals surface area (Å²) in [6, 6.07) is 7.48. The molecule has 4 heterocycles. The minimum atomic E-state index is -2.92. The van der Waals surface area contributed by atoms with E-state index >= 15 is 0 Å². The van der Waals surface area contributed by atoms with Crippen LogP contribution in [0.5, 0.6) is 0 Å². The smallest absolute Gasteiger partial charge is 0.330 e. The van der Waals surface area contributed by atoms with Crippen LogP contribution >= 0.6 is 0 Å². The largest absolute Gasteiger partial charge is 0.598 e. The van der Waals surface area contributed by atoms with Crippen molar-refractivity contribution in [3.05, 3.63) is 64.3 Å². The molecule has 1 saturated heterocycles. The summed E-state index contributed by atoms with van der Waals surface area (Å²) in [4.78, 5) is 17.8. The fraction of sp³-hybridized carbons (Fsp3) is 0.364. The first-order valence-corrected chi connectivity index (χ1v) is 12.4. The van der Waals surface area contributed by atoms with E-state index in [0.29, 0.717) is 37.1 Å². The van der Waals surface area contributed by atoms with Crippen LogP contribution in [-0.4, -0.2) is 52.5 Å². The van der Waals surface area contributed by atoms with Crippen LogP contribution < -0.4 is 5.69 Å². The second-order valence-electron chi connectivity index (χ2n) is 8.22. The van der Waals surface area contributed by atoms with E-state index in [1.165, 1.54) is 16.7 Å². The molecule has 184 valence electrons. The van der Waals surface area contributed by atoms with Gasteiger partial charge in [0.1, 0.15) is 12.1 Å². The van der Waals surface area contributed by atoms with Crippen molar-refractivity contribution in [2.45, 2.75) is 31.9 Å². The molecule has 13 heteroatoms. The van der Waals surface area contributed by atoms with Crippen LogP contribution in [0.1, 0.15) is 36.8 Å². The van der Waals surface area contributed by atoms with Gasteiger partial charge in [0, 0.05) is 47.8 Å². The number of alkyl halides is 2. The molecule has 5 rings (SSSR count). The first-order chi connectivity index (χ1) is 16.8. The predicted octanol–water partition coefficient (Wildman–Crippen LogP) is 3.30. The summed E-state index contributed by atoms with van der Waals surface area (Å²) >= 11 is -1.06. The average molecular weight is 507 g/mol. The van der Waals surface area contributed by atoms with Crippen LogP contribution in [0.15, 0.2) is 45.7 Å². The normalized spacial score (nSPS) is 16.4. The average Bonchev–Trinajstić information content (AvgIpc) is 3.44. The molecule has 1 fully saturated rings. The van der Waals surface area contributed by atoms with E-state index in [1.807, 2.05) is 4.31 Å². The van der Waals surface area contributed by atoms with Gasteiger partial charge in [0.15, 0.2) is 5.65 Å². The number of piperidine rings is 1. The summed E-state index contributed by atoms with van der Waals surface area (Å²) < 4.78 is 62.0. The van der Waals surface area contributed by atoms with Gasteiger partial charge in [0.25, 0.3) is 5.89 Å². The number of rotatable bonds is 6. The summed E-state index contributed by atoms with van der Waals surface area (Å²) in [7, 11) is 0. The lowest BCUT2D eigenvalue weighted by Crippen LogP contribution is -2.40. The van der Waals surface area contributed by atoms with Gasteiger partial charge in [-0.1, -0.05) is 6.07 Å². The second kappa shape index (κ2) is 9.47. The van der Waals surface area contributed by atoms with E-state index in [4.69, 9.17) is 4.42 Å². The highest BCUT2D eigenvalue weighted by Gasteiger charge is 2.29. The number of hydrogen-bond acceptors (Lipinski definition) is 7. The third kappa shape index (κ3) is 4.46. The first kappa shape index (κ1) is 23.6. The van der Waals surface area contributed by atoms with Gasteiger partial charge < -0.3 is 8.97 Å². The number of halogens is 3. The van der Waals surface area contributed by atoms with Gasteiger partial charge in [-0.15, -0.1) is 14.5 Å². The number of imidazole rings is 1. The first-order valence-electron chi connectivity index (χ1n) is 10.9. The van der Waals surface area contributed by atoms with Crippen LogP contribution in [0.25, 0.3) is 22.6 Å². The predicted molar refractivity (Wildman–Crippen MR) is 122 cm³/mol. The van der Waals surface area contributed by atoms with Crippen molar-refractivity contribution in [3.8, 4) is 11.5 Å². The number of hydrogen-bond donors (Lipinski definition) is 0. The molecule has 1 aliphatic heterocycles. The number of pyridine rings is 1. The lowest BCUT2D eigenvalue weighted by atomic mass is 10.1. The molecular formula is C22H21F3N6O3S. The Morgan fingerprint density at radius 3 is 2.66 bits per heavy atom. The summed E-state index contributed by atoms with van der Waals surface area (Å²) in [6.45, 7) is 1.13. The van der Waals surface area contributed by atoms with E-state index in [2.05, 4.69) is 15.2 Å². The summed E-state index contributed by atoms with van der Waals surface area (Å²) in [5, 5.41) is 6.79. The minimum Gasteiger partial charge on any atom is -0.598 e. The highest BCUT2D eigenvalue weighted by molar-refractivity contribution is 7.88. The third-order valence-electron chi connectivity index (χ3n) is 6.13. The Kier molecular flexibility index (Phi) is 6.38. The highest BCUT2D eigenvalue weighted by atomic mass is 32.2. The Balaban J connectivity index is 1.46.